The summed E-state index contributed by atoms with van der Waals surface area (Å²) in [7, 11) is 0. The summed E-state index contributed by atoms with van der Waals surface area (Å²) in [6.45, 7) is 1.68. The Morgan fingerprint density at radius 1 is 1.36 bits per heavy atom. The van der Waals surface area contributed by atoms with Crippen LogP contribution in [0.3, 0.4) is 0 Å². The van der Waals surface area contributed by atoms with E-state index in [2.05, 4.69) is 15.9 Å². The molecule has 0 nitrogen and oxygen atoms in total. The van der Waals surface area contributed by atoms with Crippen LogP contribution in [-0.4, -0.2) is 6.17 Å². The maximum Gasteiger partial charge on any atom is 0.107 e. The molecule has 0 bridgehead atoms. The molecule has 14 heavy (non-hydrogen) atoms. The minimum Gasteiger partial charge on any atom is -0.247 e. The molecular formula is C12H14BrF. The molecule has 1 aromatic carbocycles. The molecule has 1 aliphatic carbocycles. The Labute approximate surface area is 92.6 Å². The molecule has 1 aromatic rings. The van der Waals surface area contributed by atoms with Gasteiger partial charge in [0.15, 0.2) is 0 Å². The monoisotopic (exact) mass is 256 g/mol. The second kappa shape index (κ2) is 3.65. The van der Waals surface area contributed by atoms with E-state index in [1.54, 1.807) is 6.92 Å². The molecule has 1 atom stereocenters. The van der Waals surface area contributed by atoms with Crippen LogP contribution in [0.25, 0.3) is 0 Å². The van der Waals surface area contributed by atoms with Crippen LogP contribution in [-0.2, 0) is 5.41 Å². The maximum atomic E-state index is 13.6. The summed E-state index contributed by atoms with van der Waals surface area (Å²) < 4.78 is 14.7. The number of halogens is 2. The average Bonchev–Trinajstić information content (AvgIpc) is 2.05. The molecule has 2 rings (SSSR count). The van der Waals surface area contributed by atoms with Gasteiger partial charge in [0.05, 0.1) is 0 Å². The standard InChI is InChI=1S/C12H14BrF/c1-9(14)12(7-4-8-12)10-5-2-3-6-11(10)13/h2-3,5-6,9H,4,7-8H2,1H3. The van der Waals surface area contributed by atoms with E-state index in [0.717, 1.165) is 29.3 Å². The molecule has 0 saturated heterocycles. The highest BCUT2D eigenvalue weighted by atomic mass is 79.9. The molecule has 0 amide bonds. The Morgan fingerprint density at radius 2 is 2.00 bits per heavy atom. The smallest absolute Gasteiger partial charge is 0.107 e. The van der Waals surface area contributed by atoms with Crippen LogP contribution in [0.15, 0.2) is 28.7 Å². The summed E-state index contributed by atoms with van der Waals surface area (Å²) >= 11 is 3.51. The van der Waals surface area contributed by atoms with Gasteiger partial charge in [-0.15, -0.1) is 0 Å². The van der Waals surface area contributed by atoms with Crippen molar-refractivity contribution in [2.45, 2.75) is 37.8 Å². The highest BCUT2D eigenvalue weighted by Crippen LogP contribution is 2.49. The summed E-state index contributed by atoms with van der Waals surface area (Å²) in [5, 5.41) is 0. The van der Waals surface area contributed by atoms with Gasteiger partial charge in [-0.2, -0.15) is 0 Å². The van der Waals surface area contributed by atoms with E-state index in [1.165, 1.54) is 0 Å². The first-order valence-electron chi connectivity index (χ1n) is 5.06. The fraction of sp³-hybridized carbons (Fsp3) is 0.500. The minimum absolute atomic E-state index is 0.208. The molecule has 1 saturated carbocycles. The molecule has 2 heteroatoms. The minimum atomic E-state index is -0.755. The predicted octanol–water partition coefficient (Wildman–Crippen LogP) is 4.23. The lowest BCUT2D eigenvalue weighted by molar-refractivity contribution is 0.113. The molecule has 0 N–H and O–H groups in total. The third-order valence-electron chi connectivity index (χ3n) is 3.42. The molecular weight excluding hydrogens is 243 g/mol. The van der Waals surface area contributed by atoms with Crippen molar-refractivity contribution in [2.24, 2.45) is 0 Å². The van der Waals surface area contributed by atoms with Gasteiger partial charge in [-0.25, -0.2) is 4.39 Å². The number of rotatable bonds is 2. The molecule has 0 aromatic heterocycles. The first kappa shape index (κ1) is 10.2. The van der Waals surface area contributed by atoms with Crippen molar-refractivity contribution in [1.29, 1.82) is 0 Å². The average molecular weight is 257 g/mol. The predicted molar refractivity (Wildman–Crippen MR) is 60.2 cm³/mol. The Balaban J connectivity index is 2.42. The molecule has 0 heterocycles. The normalized spacial score (nSPS) is 21.4. The molecule has 0 radical (unpaired) electrons. The van der Waals surface area contributed by atoms with Gasteiger partial charge in [0, 0.05) is 9.89 Å². The van der Waals surface area contributed by atoms with Crippen LogP contribution in [0, 0.1) is 0 Å². The number of hydrogen-bond donors (Lipinski definition) is 0. The number of hydrogen-bond acceptors (Lipinski definition) is 0. The number of alkyl halides is 1. The summed E-state index contributed by atoms with van der Waals surface area (Å²) in [5.74, 6) is 0. The Kier molecular flexibility index (Phi) is 2.65. The second-order valence-corrected chi connectivity index (χ2v) is 4.96. The van der Waals surface area contributed by atoms with Crippen molar-refractivity contribution in [2.75, 3.05) is 0 Å². The lowest BCUT2D eigenvalue weighted by atomic mass is 9.62. The SMILES string of the molecule is CC(F)C1(c2ccccc2Br)CCC1. The van der Waals surface area contributed by atoms with Crippen LogP contribution in [0.1, 0.15) is 31.7 Å². The molecule has 0 spiro atoms. The molecule has 0 aliphatic heterocycles. The first-order chi connectivity index (χ1) is 6.67. The quantitative estimate of drug-likeness (QED) is 0.743. The summed E-state index contributed by atoms with van der Waals surface area (Å²) in [6.07, 6.45) is 2.35. The van der Waals surface area contributed by atoms with Gasteiger partial charge in [0.1, 0.15) is 6.17 Å². The Bertz CT molecular complexity index is 329. The molecule has 1 aliphatic rings. The third kappa shape index (κ3) is 1.40. The van der Waals surface area contributed by atoms with Crippen molar-refractivity contribution in [3.8, 4) is 0 Å². The van der Waals surface area contributed by atoms with Crippen LogP contribution >= 0.6 is 15.9 Å². The van der Waals surface area contributed by atoms with E-state index in [1.807, 2.05) is 24.3 Å². The zero-order valence-corrected chi connectivity index (χ0v) is 9.85. The van der Waals surface area contributed by atoms with Crippen molar-refractivity contribution >= 4 is 15.9 Å². The summed E-state index contributed by atoms with van der Waals surface area (Å²) in [4.78, 5) is 0. The van der Waals surface area contributed by atoms with Gasteiger partial charge in [0.25, 0.3) is 0 Å². The van der Waals surface area contributed by atoms with Gasteiger partial charge in [-0.05, 0) is 31.4 Å². The largest absolute Gasteiger partial charge is 0.247 e. The van der Waals surface area contributed by atoms with Crippen LogP contribution in [0.4, 0.5) is 4.39 Å². The zero-order chi connectivity index (χ0) is 10.2. The van der Waals surface area contributed by atoms with Crippen molar-refractivity contribution in [3.05, 3.63) is 34.3 Å². The van der Waals surface area contributed by atoms with E-state index in [0.29, 0.717) is 0 Å². The second-order valence-electron chi connectivity index (χ2n) is 4.11. The van der Waals surface area contributed by atoms with Gasteiger partial charge >= 0.3 is 0 Å². The lowest BCUT2D eigenvalue weighted by Gasteiger charge is -2.44. The van der Waals surface area contributed by atoms with Gasteiger partial charge in [-0.1, -0.05) is 40.5 Å². The van der Waals surface area contributed by atoms with Gasteiger partial charge in [-0.3, -0.25) is 0 Å². The van der Waals surface area contributed by atoms with E-state index >= 15 is 0 Å². The van der Waals surface area contributed by atoms with Crippen LogP contribution in [0.2, 0.25) is 0 Å². The Morgan fingerprint density at radius 3 is 2.43 bits per heavy atom. The first-order valence-corrected chi connectivity index (χ1v) is 5.85. The molecule has 1 unspecified atom stereocenters. The van der Waals surface area contributed by atoms with Gasteiger partial charge < -0.3 is 0 Å². The van der Waals surface area contributed by atoms with Gasteiger partial charge in [0.2, 0.25) is 0 Å². The van der Waals surface area contributed by atoms with Crippen molar-refractivity contribution in [1.82, 2.24) is 0 Å². The molecule has 76 valence electrons. The van der Waals surface area contributed by atoms with Crippen molar-refractivity contribution in [3.63, 3.8) is 0 Å². The highest BCUT2D eigenvalue weighted by molar-refractivity contribution is 9.10. The van der Waals surface area contributed by atoms with E-state index in [-0.39, 0.29) is 5.41 Å². The number of benzene rings is 1. The van der Waals surface area contributed by atoms with E-state index < -0.39 is 6.17 Å². The summed E-state index contributed by atoms with van der Waals surface area (Å²) in [5.41, 5.74) is 0.932. The lowest BCUT2D eigenvalue weighted by Crippen LogP contribution is -2.42. The zero-order valence-electron chi connectivity index (χ0n) is 8.26. The van der Waals surface area contributed by atoms with Crippen LogP contribution < -0.4 is 0 Å². The fourth-order valence-corrected chi connectivity index (χ4v) is 2.98. The topological polar surface area (TPSA) is 0 Å². The van der Waals surface area contributed by atoms with Crippen LogP contribution in [0.5, 0.6) is 0 Å². The highest BCUT2D eigenvalue weighted by Gasteiger charge is 2.44. The summed E-state index contributed by atoms with van der Waals surface area (Å²) in [6, 6.07) is 8.00. The van der Waals surface area contributed by atoms with E-state index in [9.17, 15) is 4.39 Å². The fourth-order valence-electron chi connectivity index (χ4n) is 2.30. The molecule has 1 fully saturated rings. The Hall–Kier alpha value is -0.370. The third-order valence-corrected chi connectivity index (χ3v) is 4.11. The van der Waals surface area contributed by atoms with Crippen molar-refractivity contribution < 1.29 is 4.39 Å². The van der Waals surface area contributed by atoms with E-state index in [4.69, 9.17) is 0 Å². The maximum absolute atomic E-state index is 13.6.